The Morgan fingerprint density at radius 2 is 2.11 bits per heavy atom. The molecule has 6 nitrogen and oxygen atoms in total. The molecule has 1 N–H and O–H groups in total. The van der Waals surface area contributed by atoms with Crippen LogP contribution in [0.4, 0.5) is 5.13 Å². The van der Waals surface area contributed by atoms with Gasteiger partial charge in [-0.1, -0.05) is 23.5 Å². The quantitative estimate of drug-likeness (QED) is 0.532. The van der Waals surface area contributed by atoms with Gasteiger partial charge in [0.15, 0.2) is 5.13 Å². The molecule has 1 amide bonds. The highest BCUT2D eigenvalue weighted by atomic mass is 32.1. The van der Waals surface area contributed by atoms with E-state index in [0.717, 1.165) is 15.8 Å². The first-order valence-electron chi connectivity index (χ1n) is 8.43. The van der Waals surface area contributed by atoms with Crippen molar-refractivity contribution in [2.75, 3.05) is 11.9 Å². The zero-order chi connectivity index (χ0) is 19.0. The summed E-state index contributed by atoms with van der Waals surface area (Å²) in [6.07, 6.45) is 0. The normalized spacial score (nSPS) is 11.0. The molecule has 0 aliphatic rings. The maximum atomic E-state index is 12.8. The van der Waals surface area contributed by atoms with Crippen molar-refractivity contribution in [1.29, 1.82) is 0 Å². The molecule has 0 aliphatic heterocycles. The number of hydrogen-bond donors (Lipinski definition) is 1. The van der Waals surface area contributed by atoms with Gasteiger partial charge in [-0.25, -0.2) is 9.78 Å². The number of para-hydroxylation sites is 1. The van der Waals surface area contributed by atoms with Crippen LogP contribution >= 0.6 is 11.3 Å². The lowest BCUT2D eigenvalue weighted by Crippen LogP contribution is -2.15. The zero-order valence-electron chi connectivity index (χ0n) is 14.7. The molecule has 7 heteroatoms. The first kappa shape index (κ1) is 17.2. The van der Waals surface area contributed by atoms with Gasteiger partial charge in [-0.2, -0.15) is 0 Å². The number of fused-ring (bicyclic) bond motifs is 2. The van der Waals surface area contributed by atoms with Crippen molar-refractivity contribution < 1.29 is 13.9 Å². The molecule has 27 heavy (non-hydrogen) atoms. The SMILES string of the molecule is CCOc1ccc2c(C(=O)Nc3nc4c(C)cccc4s3)cc(=O)oc2c1. The molecule has 0 fully saturated rings. The van der Waals surface area contributed by atoms with Crippen LogP contribution in [-0.4, -0.2) is 17.5 Å². The molecule has 0 atom stereocenters. The fourth-order valence-electron chi connectivity index (χ4n) is 2.89. The average Bonchev–Trinajstić information content (AvgIpc) is 3.05. The molecule has 0 unspecified atom stereocenters. The van der Waals surface area contributed by atoms with Gasteiger partial charge in [0.2, 0.25) is 0 Å². The minimum Gasteiger partial charge on any atom is -0.494 e. The molecule has 0 saturated carbocycles. The number of ether oxygens (including phenoxy) is 1. The zero-order valence-corrected chi connectivity index (χ0v) is 15.6. The topological polar surface area (TPSA) is 81.4 Å². The third kappa shape index (κ3) is 3.29. The summed E-state index contributed by atoms with van der Waals surface area (Å²) in [5, 5.41) is 3.81. The first-order chi connectivity index (χ1) is 13.0. The van der Waals surface area contributed by atoms with Crippen LogP contribution in [-0.2, 0) is 0 Å². The molecule has 2 aromatic carbocycles. The highest BCUT2D eigenvalue weighted by Crippen LogP contribution is 2.29. The van der Waals surface area contributed by atoms with Crippen LogP contribution in [0.5, 0.6) is 5.75 Å². The summed E-state index contributed by atoms with van der Waals surface area (Å²) in [4.78, 5) is 29.2. The van der Waals surface area contributed by atoms with Crippen molar-refractivity contribution in [2.45, 2.75) is 13.8 Å². The van der Waals surface area contributed by atoms with Gasteiger partial charge in [0.05, 0.1) is 22.4 Å². The van der Waals surface area contributed by atoms with E-state index in [1.54, 1.807) is 18.2 Å². The Morgan fingerprint density at radius 3 is 2.89 bits per heavy atom. The summed E-state index contributed by atoms with van der Waals surface area (Å²) < 4.78 is 11.6. The Balaban J connectivity index is 1.73. The van der Waals surface area contributed by atoms with Crippen molar-refractivity contribution in [1.82, 2.24) is 4.98 Å². The first-order valence-corrected chi connectivity index (χ1v) is 9.25. The molecule has 0 radical (unpaired) electrons. The Morgan fingerprint density at radius 1 is 1.26 bits per heavy atom. The number of amides is 1. The molecule has 2 heterocycles. The molecule has 2 aromatic heterocycles. The Kier molecular flexibility index (Phi) is 4.37. The van der Waals surface area contributed by atoms with Gasteiger partial charge in [0.1, 0.15) is 11.3 Å². The van der Waals surface area contributed by atoms with Gasteiger partial charge in [-0.3, -0.25) is 10.1 Å². The van der Waals surface area contributed by atoms with Crippen molar-refractivity contribution in [3.8, 4) is 5.75 Å². The molecule has 4 rings (SSSR count). The van der Waals surface area contributed by atoms with Crippen molar-refractivity contribution in [3.63, 3.8) is 0 Å². The Labute approximate surface area is 158 Å². The number of rotatable bonds is 4. The predicted molar refractivity (Wildman–Crippen MR) is 106 cm³/mol. The second-order valence-electron chi connectivity index (χ2n) is 5.96. The lowest BCUT2D eigenvalue weighted by molar-refractivity contribution is 0.102. The van der Waals surface area contributed by atoms with Crippen LogP contribution in [0.3, 0.4) is 0 Å². The van der Waals surface area contributed by atoms with Gasteiger partial charge in [-0.15, -0.1) is 0 Å². The molecule has 0 bridgehead atoms. The average molecular weight is 380 g/mol. The lowest BCUT2D eigenvalue weighted by Gasteiger charge is -2.07. The number of carbonyl (C=O) groups excluding carboxylic acids is 1. The number of carbonyl (C=O) groups is 1. The number of aromatic nitrogens is 1. The van der Waals surface area contributed by atoms with E-state index in [4.69, 9.17) is 9.15 Å². The molecular formula is C20H16N2O4S. The molecular weight excluding hydrogens is 364 g/mol. The second-order valence-corrected chi connectivity index (χ2v) is 7.00. The summed E-state index contributed by atoms with van der Waals surface area (Å²) in [7, 11) is 0. The number of thiazole rings is 1. The van der Waals surface area contributed by atoms with Crippen molar-refractivity contribution >= 4 is 43.6 Å². The molecule has 0 aliphatic carbocycles. The van der Waals surface area contributed by atoms with Gasteiger partial charge in [0, 0.05) is 17.5 Å². The number of benzene rings is 2. The highest BCUT2D eigenvalue weighted by Gasteiger charge is 2.16. The summed E-state index contributed by atoms with van der Waals surface area (Å²) in [5.74, 6) is 0.168. The van der Waals surface area contributed by atoms with E-state index >= 15 is 0 Å². The number of nitrogens with zero attached hydrogens (tertiary/aromatic N) is 1. The number of hydrogen-bond acceptors (Lipinski definition) is 6. The van der Waals surface area contributed by atoms with Gasteiger partial charge < -0.3 is 9.15 Å². The van der Waals surface area contributed by atoms with Crippen LogP contribution in [0.25, 0.3) is 21.2 Å². The summed E-state index contributed by atoms with van der Waals surface area (Å²) in [6.45, 7) is 4.33. The molecule has 0 spiro atoms. The third-order valence-electron chi connectivity index (χ3n) is 4.11. The van der Waals surface area contributed by atoms with Gasteiger partial charge >= 0.3 is 5.63 Å². The van der Waals surface area contributed by atoms with Crippen molar-refractivity contribution in [2.24, 2.45) is 0 Å². The smallest absolute Gasteiger partial charge is 0.337 e. The minimum absolute atomic E-state index is 0.236. The second kappa shape index (κ2) is 6.85. The maximum absolute atomic E-state index is 12.8. The molecule has 0 saturated heterocycles. The summed E-state index contributed by atoms with van der Waals surface area (Å²) >= 11 is 1.39. The predicted octanol–water partition coefficient (Wildman–Crippen LogP) is 4.36. The number of nitrogens with one attached hydrogen (secondary N) is 1. The van der Waals surface area contributed by atoms with E-state index < -0.39 is 11.5 Å². The standard InChI is InChI=1S/C20H16N2O4S/c1-3-25-12-7-8-13-14(10-17(23)26-15(13)9-12)19(24)22-20-21-18-11(2)5-4-6-16(18)27-20/h4-10H,3H2,1-2H3,(H,21,22,24). The highest BCUT2D eigenvalue weighted by molar-refractivity contribution is 7.22. The van der Waals surface area contributed by atoms with E-state index in [9.17, 15) is 9.59 Å². The van der Waals surface area contributed by atoms with Crippen LogP contribution in [0, 0.1) is 6.92 Å². The fourth-order valence-corrected chi connectivity index (χ4v) is 3.83. The Hall–Kier alpha value is -3.19. The van der Waals surface area contributed by atoms with E-state index in [1.807, 2.05) is 32.0 Å². The molecule has 136 valence electrons. The summed E-state index contributed by atoms with van der Waals surface area (Å²) in [6, 6.07) is 12.1. The van der Waals surface area contributed by atoms with Crippen LogP contribution in [0.1, 0.15) is 22.8 Å². The largest absolute Gasteiger partial charge is 0.494 e. The summed E-state index contributed by atoms with van der Waals surface area (Å²) in [5.41, 5.74) is 1.84. The van der Waals surface area contributed by atoms with Gasteiger partial charge in [0.25, 0.3) is 5.91 Å². The van der Waals surface area contributed by atoms with Crippen LogP contribution in [0.15, 0.2) is 51.7 Å². The monoisotopic (exact) mass is 380 g/mol. The van der Waals surface area contributed by atoms with E-state index in [-0.39, 0.29) is 5.56 Å². The minimum atomic E-state index is -0.596. The third-order valence-corrected chi connectivity index (χ3v) is 5.05. The van der Waals surface area contributed by atoms with Crippen LogP contribution in [0.2, 0.25) is 0 Å². The van der Waals surface area contributed by atoms with Crippen molar-refractivity contribution in [3.05, 3.63) is 64.0 Å². The lowest BCUT2D eigenvalue weighted by atomic mass is 10.1. The Bertz CT molecular complexity index is 1230. The van der Waals surface area contributed by atoms with E-state index in [1.165, 1.54) is 17.4 Å². The maximum Gasteiger partial charge on any atom is 0.337 e. The van der Waals surface area contributed by atoms with Crippen LogP contribution < -0.4 is 15.7 Å². The van der Waals surface area contributed by atoms with E-state index in [0.29, 0.717) is 28.5 Å². The van der Waals surface area contributed by atoms with Gasteiger partial charge in [-0.05, 0) is 37.6 Å². The van der Waals surface area contributed by atoms with E-state index in [2.05, 4.69) is 10.3 Å². The number of anilines is 1. The fraction of sp³-hybridized carbons (Fsp3) is 0.150. The molecule has 4 aromatic rings. The number of aryl methyl sites for hydroxylation is 1.